The number of rotatable bonds is 6. The van der Waals surface area contributed by atoms with Crippen LogP contribution in [0.15, 0.2) is 35.2 Å². The Morgan fingerprint density at radius 3 is 2.35 bits per heavy atom. The average Bonchev–Trinajstić information content (AvgIpc) is 2.53. The summed E-state index contributed by atoms with van der Waals surface area (Å²) in [4.78, 5) is 12.5. The summed E-state index contributed by atoms with van der Waals surface area (Å²) in [5.74, 6) is -0.126. The fraction of sp³-hybridized carbons (Fsp3) is 0.562. The zero-order valence-electron chi connectivity index (χ0n) is 13.2. The van der Waals surface area contributed by atoms with Crippen molar-refractivity contribution in [1.82, 2.24) is 5.32 Å². The van der Waals surface area contributed by atoms with Gasteiger partial charge in [0.1, 0.15) is 0 Å². The van der Waals surface area contributed by atoms with Gasteiger partial charge in [-0.3, -0.25) is 4.79 Å². The molecule has 1 aliphatic rings. The predicted molar refractivity (Wildman–Crippen MR) is 93.4 cm³/mol. The first-order valence-corrected chi connectivity index (χ1v) is 9.44. The third-order valence-corrected chi connectivity index (χ3v) is 5.99. The minimum absolute atomic E-state index is 0. The van der Waals surface area contributed by atoms with Crippen molar-refractivity contribution in [1.29, 1.82) is 0 Å². The molecule has 0 aliphatic heterocycles. The quantitative estimate of drug-likeness (QED) is 0.760. The van der Waals surface area contributed by atoms with Crippen LogP contribution in [0.3, 0.4) is 0 Å². The monoisotopic (exact) mass is 360 g/mol. The van der Waals surface area contributed by atoms with Crippen LogP contribution in [0, 0.1) is 0 Å². The van der Waals surface area contributed by atoms with Gasteiger partial charge in [0.2, 0.25) is 5.91 Å². The lowest BCUT2D eigenvalue weighted by Crippen LogP contribution is -2.55. The molecular weight excluding hydrogens is 336 g/mol. The Morgan fingerprint density at radius 1 is 1.13 bits per heavy atom. The molecule has 0 radical (unpaired) electrons. The molecule has 5 nitrogen and oxygen atoms in total. The first kappa shape index (κ1) is 19.9. The number of hydrogen-bond acceptors (Lipinski definition) is 4. The average molecular weight is 361 g/mol. The van der Waals surface area contributed by atoms with E-state index in [4.69, 9.17) is 5.73 Å². The zero-order chi connectivity index (χ0) is 16.1. The van der Waals surface area contributed by atoms with Crippen LogP contribution >= 0.6 is 12.4 Å². The molecule has 1 aliphatic carbocycles. The molecule has 7 heteroatoms. The molecule has 2 rings (SSSR count). The smallest absolute Gasteiger partial charge is 0.240 e. The Morgan fingerprint density at radius 2 is 1.74 bits per heavy atom. The summed E-state index contributed by atoms with van der Waals surface area (Å²) in [6.45, 7) is 0.337. The fourth-order valence-electron chi connectivity index (χ4n) is 2.80. The van der Waals surface area contributed by atoms with E-state index in [1.807, 2.05) is 0 Å². The van der Waals surface area contributed by atoms with Crippen LogP contribution in [-0.2, 0) is 14.6 Å². The molecule has 3 N–H and O–H groups in total. The third kappa shape index (κ3) is 5.48. The molecule has 1 fully saturated rings. The molecule has 0 bridgehead atoms. The van der Waals surface area contributed by atoms with Crippen molar-refractivity contribution in [3.05, 3.63) is 30.3 Å². The van der Waals surface area contributed by atoms with Gasteiger partial charge in [0, 0.05) is 6.54 Å². The van der Waals surface area contributed by atoms with Crippen molar-refractivity contribution >= 4 is 28.2 Å². The van der Waals surface area contributed by atoms with Gasteiger partial charge in [0.25, 0.3) is 0 Å². The van der Waals surface area contributed by atoms with E-state index in [9.17, 15) is 13.2 Å². The number of nitrogens with two attached hydrogens (primary N) is 1. The first-order chi connectivity index (χ1) is 10.4. The number of halogens is 1. The van der Waals surface area contributed by atoms with Gasteiger partial charge in [-0.25, -0.2) is 8.42 Å². The first-order valence-electron chi connectivity index (χ1n) is 7.79. The summed E-state index contributed by atoms with van der Waals surface area (Å²) in [5.41, 5.74) is 5.36. The maximum absolute atomic E-state index is 12.1. The van der Waals surface area contributed by atoms with Crippen LogP contribution in [0.25, 0.3) is 0 Å². The molecule has 0 saturated heterocycles. The van der Waals surface area contributed by atoms with Gasteiger partial charge in [0.15, 0.2) is 9.84 Å². The van der Waals surface area contributed by atoms with Crippen LogP contribution < -0.4 is 11.1 Å². The highest BCUT2D eigenvalue weighted by atomic mass is 35.5. The van der Waals surface area contributed by atoms with E-state index in [0.717, 1.165) is 19.3 Å². The maximum Gasteiger partial charge on any atom is 0.240 e. The summed E-state index contributed by atoms with van der Waals surface area (Å²) in [6, 6.07) is 8.37. The highest BCUT2D eigenvalue weighted by Crippen LogP contribution is 2.25. The van der Waals surface area contributed by atoms with Gasteiger partial charge in [-0.2, -0.15) is 0 Å². The lowest BCUT2D eigenvalue weighted by atomic mass is 9.82. The van der Waals surface area contributed by atoms with Gasteiger partial charge in [0.05, 0.1) is 16.2 Å². The predicted octanol–water partition coefficient (Wildman–Crippen LogP) is 2.05. The van der Waals surface area contributed by atoms with Gasteiger partial charge in [-0.1, -0.05) is 37.5 Å². The molecule has 0 unspecified atom stereocenters. The largest absolute Gasteiger partial charge is 0.354 e. The fourth-order valence-corrected chi connectivity index (χ4v) is 4.13. The van der Waals surface area contributed by atoms with Crippen molar-refractivity contribution in [2.24, 2.45) is 5.73 Å². The number of sulfone groups is 1. The Bertz CT molecular complexity index is 599. The summed E-state index contributed by atoms with van der Waals surface area (Å²) >= 11 is 0. The molecule has 1 aromatic rings. The van der Waals surface area contributed by atoms with Gasteiger partial charge in [-0.15, -0.1) is 12.4 Å². The minimum Gasteiger partial charge on any atom is -0.354 e. The molecule has 130 valence electrons. The standard InChI is InChI=1S/C16H24N2O3S.ClH/c17-16(10-5-2-6-11-16)15(19)18-12-7-13-22(20,21)14-8-3-1-4-9-14;/h1,3-4,8-9H,2,5-7,10-13,17H2,(H,18,19);1H. The van der Waals surface area contributed by atoms with E-state index < -0.39 is 15.4 Å². The number of benzene rings is 1. The van der Waals surface area contributed by atoms with Crippen LogP contribution in [-0.4, -0.2) is 32.2 Å². The number of carbonyl (C=O) groups excluding carboxylic acids is 1. The van der Waals surface area contributed by atoms with Crippen molar-refractivity contribution in [3.8, 4) is 0 Å². The summed E-state index contributed by atoms with van der Waals surface area (Å²) < 4.78 is 24.2. The van der Waals surface area contributed by atoms with E-state index in [-0.39, 0.29) is 24.1 Å². The van der Waals surface area contributed by atoms with Crippen molar-refractivity contribution < 1.29 is 13.2 Å². The summed E-state index contributed by atoms with van der Waals surface area (Å²) in [5, 5.41) is 2.79. The molecule has 23 heavy (non-hydrogen) atoms. The molecule has 0 spiro atoms. The molecule has 1 aromatic carbocycles. The van der Waals surface area contributed by atoms with Crippen LogP contribution in [0.2, 0.25) is 0 Å². The highest BCUT2D eigenvalue weighted by Gasteiger charge is 2.34. The molecular formula is C16H25ClN2O3S. The molecule has 0 aromatic heterocycles. The Kier molecular flexibility index (Phi) is 7.51. The lowest BCUT2D eigenvalue weighted by molar-refractivity contribution is -0.127. The van der Waals surface area contributed by atoms with Crippen LogP contribution in [0.5, 0.6) is 0 Å². The number of carbonyl (C=O) groups is 1. The van der Waals surface area contributed by atoms with Gasteiger partial charge in [-0.05, 0) is 31.4 Å². The third-order valence-electron chi connectivity index (χ3n) is 4.18. The van der Waals surface area contributed by atoms with E-state index in [1.54, 1.807) is 30.3 Å². The second-order valence-electron chi connectivity index (χ2n) is 5.96. The van der Waals surface area contributed by atoms with E-state index in [1.165, 1.54) is 0 Å². The Labute approximate surface area is 144 Å². The Hall–Kier alpha value is -1.11. The normalized spacial score (nSPS) is 17.1. The summed E-state index contributed by atoms with van der Waals surface area (Å²) in [7, 11) is -3.28. The van der Waals surface area contributed by atoms with Crippen LogP contribution in [0.4, 0.5) is 0 Å². The van der Waals surface area contributed by atoms with E-state index in [2.05, 4.69) is 5.32 Å². The second-order valence-corrected chi connectivity index (χ2v) is 8.07. The van der Waals surface area contributed by atoms with E-state index in [0.29, 0.717) is 30.7 Å². The SMILES string of the molecule is Cl.NC1(C(=O)NCCCS(=O)(=O)c2ccccc2)CCCCC1. The maximum atomic E-state index is 12.1. The zero-order valence-corrected chi connectivity index (χ0v) is 14.8. The second kappa shape index (κ2) is 8.66. The van der Waals surface area contributed by atoms with E-state index >= 15 is 0 Å². The molecule has 1 amide bonds. The van der Waals surface area contributed by atoms with Crippen molar-refractivity contribution in [2.45, 2.75) is 49.0 Å². The molecule has 0 atom stereocenters. The van der Waals surface area contributed by atoms with Gasteiger partial charge >= 0.3 is 0 Å². The minimum atomic E-state index is -3.28. The van der Waals surface area contributed by atoms with Gasteiger partial charge < -0.3 is 11.1 Å². The number of hydrogen-bond donors (Lipinski definition) is 2. The summed E-state index contributed by atoms with van der Waals surface area (Å²) in [6.07, 6.45) is 4.89. The Balaban J connectivity index is 0.00000264. The molecule has 0 heterocycles. The molecule has 1 saturated carbocycles. The lowest BCUT2D eigenvalue weighted by Gasteiger charge is -2.31. The van der Waals surface area contributed by atoms with Crippen molar-refractivity contribution in [2.75, 3.05) is 12.3 Å². The van der Waals surface area contributed by atoms with Crippen molar-refractivity contribution in [3.63, 3.8) is 0 Å². The van der Waals surface area contributed by atoms with Crippen LogP contribution in [0.1, 0.15) is 38.5 Å². The number of nitrogens with one attached hydrogen (secondary N) is 1. The topological polar surface area (TPSA) is 89.3 Å². The number of amides is 1. The highest BCUT2D eigenvalue weighted by molar-refractivity contribution is 7.91.